The molecule has 3 atom stereocenters. The van der Waals surface area contributed by atoms with Gasteiger partial charge in [-0.15, -0.1) is 0 Å². The molecule has 0 aromatic rings. The first-order chi connectivity index (χ1) is 6.40. The van der Waals surface area contributed by atoms with Gasteiger partial charge in [0, 0.05) is 6.04 Å². The first-order valence-electron chi connectivity index (χ1n) is 4.60. The minimum absolute atomic E-state index is 0.187. The summed E-state index contributed by atoms with van der Waals surface area (Å²) in [5, 5.41) is 14.1. The molecule has 3 N–H and O–H groups in total. The number of hydrogen-bond acceptors (Lipinski definition) is 3. The van der Waals surface area contributed by atoms with Crippen LogP contribution in [0.15, 0.2) is 0 Å². The average molecular weight is 202 g/mol. The third-order valence-corrected chi connectivity index (χ3v) is 2.34. The van der Waals surface area contributed by atoms with Crippen LogP contribution in [0.3, 0.4) is 0 Å². The van der Waals surface area contributed by atoms with E-state index in [-0.39, 0.29) is 18.0 Å². The highest BCUT2D eigenvalue weighted by Crippen LogP contribution is 2.02. The maximum Gasteiger partial charge on any atom is 0.308 e. The number of carbonyl (C=O) groups excluding carboxylic acids is 1. The molecule has 0 aromatic heterocycles. The Balaban J connectivity index is 4.12. The fourth-order valence-electron chi connectivity index (χ4n) is 0.819. The van der Waals surface area contributed by atoms with E-state index in [1.807, 2.05) is 0 Å². The van der Waals surface area contributed by atoms with Crippen LogP contribution >= 0.6 is 0 Å². The minimum atomic E-state index is -0.907. The van der Waals surface area contributed by atoms with Crippen LogP contribution in [0.25, 0.3) is 0 Å². The number of carbonyl (C=O) groups is 2. The molecule has 0 fully saturated rings. The largest absolute Gasteiger partial charge is 0.481 e. The van der Waals surface area contributed by atoms with Gasteiger partial charge in [0.2, 0.25) is 5.91 Å². The molecular formula is C9H18N2O3. The van der Waals surface area contributed by atoms with E-state index in [2.05, 4.69) is 10.6 Å². The van der Waals surface area contributed by atoms with Crippen LogP contribution in [-0.4, -0.2) is 36.1 Å². The van der Waals surface area contributed by atoms with Crippen molar-refractivity contribution in [3.63, 3.8) is 0 Å². The standard InChI is InChI=1S/C9H18N2O3/c1-5(9(13)14)6(2)11-8(12)7(3)10-4/h5-7,10H,1-4H3,(H,11,12)(H,13,14). The topological polar surface area (TPSA) is 78.4 Å². The fourth-order valence-corrected chi connectivity index (χ4v) is 0.819. The van der Waals surface area contributed by atoms with E-state index in [1.54, 1.807) is 27.8 Å². The lowest BCUT2D eigenvalue weighted by atomic mass is 10.0. The zero-order valence-electron chi connectivity index (χ0n) is 9.00. The molecule has 82 valence electrons. The van der Waals surface area contributed by atoms with Crippen molar-refractivity contribution in [2.24, 2.45) is 5.92 Å². The highest BCUT2D eigenvalue weighted by Gasteiger charge is 2.22. The maximum atomic E-state index is 11.3. The van der Waals surface area contributed by atoms with Crippen molar-refractivity contribution in [2.75, 3.05) is 7.05 Å². The van der Waals surface area contributed by atoms with Gasteiger partial charge in [-0.25, -0.2) is 0 Å². The molecule has 0 bridgehead atoms. The molecule has 0 heterocycles. The Bertz CT molecular complexity index is 218. The number of nitrogens with one attached hydrogen (secondary N) is 2. The molecule has 0 aliphatic carbocycles. The molecule has 5 heteroatoms. The van der Waals surface area contributed by atoms with Gasteiger partial charge in [0.25, 0.3) is 0 Å². The number of carboxylic acid groups (broad SMARTS) is 1. The molecule has 0 aliphatic heterocycles. The first-order valence-corrected chi connectivity index (χ1v) is 4.60. The Labute approximate surface area is 83.9 Å². The van der Waals surface area contributed by atoms with Crippen molar-refractivity contribution in [3.05, 3.63) is 0 Å². The van der Waals surface area contributed by atoms with E-state index in [1.165, 1.54) is 0 Å². The van der Waals surface area contributed by atoms with Gasteiger partial charge in [-0.3, -0.25) is 9.59 Å². The van der Waals surface area contributed by atoms with Crippen molar-refractivity contribution in [3.8, 4) is 0 Å². The molecule has 14 heavy (non-hydrogen) atoms. The second-order valence-electron chi connectivity index (χ2n) is 3.43. The molecule has 0 aliphatic rings. The molecule has 0 spiro atoms. The molecule has 5 nitrogen and oxygen atoms in total. The molecule has 0 saturated heterocycles. The molecular weight excluding hydrogens is 184 g/mol. The second-order valence-corrected chi connectivity index (χ2v) is 3.43. The van der Waals surface area contributed by atoms with E-state index in [9.17, 15) is 9.59 Å². The van der Waals surface area contributed by atoms with Crippen molar-refractivity contribution < 1.29 is 14.7 Å². The normalized spacial score (nSPS) is 16.9. The third-order valence-electron chi connectivity index (χ3n) is 2.34. The zero-order chi connectivity index (χ0) is 11.3. The van der Waals surface area contributed by atoms with Crippen LogP contribution in [0.4, 0.5) is 0 Å². The summed E-state index contributed by atoms with van der Waals surface area (Å²) in [5.74, 6) is -1.67. The minimum Gasteiger partial charge on any atom is -0.481 e. The zero-order valence-corrected chi connectivity index (χ0v) is 9.00. The molecule has 0 rings (SSSR count). The summed E-state index contributed by atoms with van der Waals surface area (Å²) < 4.78 is 0. The number of aliphatic carboxylic acids is 1. The van der Waals surface area contributed by atoms with Crippen LogP contribution in [-0.2, 0) is 9.59 Å². The lowest BCUT2D eigenvalue weighted by Gasteiger charge is -2.20. The quantitative estimate of drug-likeness (QED) is 0.578. The summed E-state index contributed by atoms with van der Waals surface area (Å²) in [7, 11) is 1.68. The number of hydrogen-bond donors (Lipinski definition) is 3. The molecule has 0 aromatic carbocycles. The summed E-state index contributed by atoms with van der Waals surface area (Å²) in [6.07, 6.45) is 0. The number of likely N-dealkylation sites (N-methyl/N-ethyl adjacent to an activating group) is 1. The third kappa shape index (κ3) is 3.74. The number of amides is 1. The predicted molar refractivity (Wildman–Crippen MR) is 52.9 cm³/mol. The monoisotopic (exact) mass is 202 g/mol. The Kier molecular flexibility index (Phi) is 5.15. The smallest absolute Gasteiger partial charge is 0.308 e. The molecule has 0 radical (unpaired) electrons. The van der Waals surface area contributed by atoms with E-state index in [4.69, 9.17) is 5.11 Å². The van der Waals surface area contributed by atoms with Gasteiger partial charge in [-0.1, -0.05) is 0 Å². The predicted octanol–water partition coefficient (Wildman–Crippen LogP) is -0.180. The molecule has 1 amide bonds. The Morgan fingerprint density at radius 2 is 1.71 bits per heavy atom. The van der Waals surface area contributed by atoms with Crippen molar-refractivity contribution >= 4 is 11.9 Å². The van der Waals surface area contributed by atoms with Gasteiger partial charge in [0.05, 0.1) is 12.0 Å². The summed E-state index contributed by atoms with van der Waals surface area (Å²) in [6, 6.07) is -0.672. The summed E-state index contributed by atoms with van der Waals surface area (Å²) in [5.41, 5.74) is 0. The highest BCUT2D eigenvalue weighted by molar-refractivity contribution is 5.82. The molecule has 3 unspecified atom stereocenters. The fraction of sp³-hybridized carbons (Fsp3) is 0.778. The summed E-state index contributed by atoms with van der Waals surface area (Å²) in [6.45, 7) is 4.96. The van der Waals surface area contributed by atoms with Crippen LogP contribution in [0.5, 0.6) is 0 Å². The Morgan fingerprint density at radius 1 is 1.21 bits per heavy atom. The van der Waals surface area contributed by atoms with Crippen LogP contribution in [0.2, 0.25) is 0 Å². The lowest BCUT2D eigenvalue weighted by Crippen LogP contribution is -2.47. The average Bonchev–Trinajstić information content (AvgIpc) is 2.14. The van der Waals surface area contributed by atoms with Gasteiger partial charge in [-0.05, 0) is 27.8 Å². The van der Waals surface area contributed by atoms with Gasteiger partial charge < -0.3 is 15.7 Å². The summed E-state index contributed by atoms with van der Waals surface area (Å²) in [4.78, 5) is 21.9. The van der Waals surface area contributed by atoms with E-state index in [0.29, 0.717) is 0 Å². The maximum absolute atomic E-state index is 11.3. The van der Waals surface area contributed by atoms with Gasteiger partial charge >= 0.3 is 5.97 Å². The van der Waals surface area contributed by atoms with Crippen LogP contribution < -0.4 is 10.6 Å². The Hall–Kier alpha value is -1.10. The van der Waals surface area contributed by atoms with Gasteiger partial charge in [0.1, 0.15) is 0 Å². The van der Waals surface area contributed by atoms with E-state index < -0.39 is 11.9 Å². The highest BCUT2D eigenvalue weighted by atomic mass is 16.4. The van der Waals surface area contributed by atoms with Crippen LogP contribution in [0, 0.1) is 5.92 Å². The number of carboxylic acids is 1. The number of rotatable bonds is 5. The van der Waals surface area contributed by atoms with E-state index >= 15 is 0 Å². The van der Waals surface area contributed by atoms with Crippen LogP contribution in [0.1, 0.15) is 20.8 Å². The Morgan fingerprint density at radius 3 is 2.07 bits per heavy atom. The van der Waals surface area contributed by atoms with E-state index in [0.717, 1.165) is 0 Å². The van der Waals surface area contributed by atoms with Gasteiger partial charge in [0.15, 0.2) is 0 Å². The second kappa shape index (κ2) is 5.59. The van der Waals surface area contributed by atoms with Crippen molar-refractivity contribution in [2.45, 2.75) is 32.9 Å². The molecule has 0 saturated carbocycles. The SMILES string of the molecule is CNC(C)C(=O)NC(C)C(C)C(=O)O. The van der Waals surface area contributed by atoms with Crippen molar-refractivity contribution in [1.29, 1.82) is 0 Å². The lowest BCUT2D eigenvalue weighted by molar-refractivity contribution is -0.142. The van der Waals surface area contributed by atoms with Gasteiger partial charge in [-0.2, -0.15) is 0 Å². The van der Waals surface area contributed by atoms with Crippen molar-refractivity contribution in [1.82, 2.24) is 10.6 Å². The first kappa shape index (κ1) is 12.9. The summed E-state index contributed by atoms with van der Waals surface area (Å²) >= 11 is 0.